The number of nitrogens with one attached hydrogen (secondary N) is 3. The highest BCUT2D eigenvalue weighted by molar-refractivity contribution is 5.91. The number of benzene rings is 1. The molecule has 0 aliphatic carbocycles. The third-order valence-corrected chi connectivity index (χ3v) is 3.18. The smallest absolute Gasteiger partial charge is 0.280 e. The molecule has 3 heterocycles. The van der Waals surface area contributed by atoms with Crippen molar-refractivity contribution in [3.05, 3.63) is 53.2 Å². The number of fused-ring (bicyclic) bond motifs is 2. The van der Waals surface area contributed by atoms with E-state index in [1.165, 1.54) is 6.33 Å². The van der Waals surface area contributed by atoms with Crippen molar-refractivity contribution < 1.29 is 0 Å². The largest absolute Gasteiger partial charge is 0.329 e. The van der Waals surface area contributed by atoms with Gasteiger partial charge in [0.2, 0.25) is 5.95 Å². The zero-order chi connectivity index (χ0) is 14.2. The van der Waals surface area contributed by atoms with Crippen LogP contribution < -0.4 is 10.9 Å². The van der Waals surface area contributed by atoms with Crippen molar-refractivity contribution >= 4 is 33.7 Å². The number of para-hydroxylation sites is 1. The average Bonchev–Trinajstić information content (AvgIpc) is 2.97. The zero-order valence-electron chi connectivity index (χ0n) is 10.8. The number of nitrogens with zero attached hydrogens (tertiary/aromatic N) is 3. The van der Waals surface area contributed by atoms with Crippen LogP contribution in [-0.4, -0.2) is 24.9 Å². The topological polar surface area (TPSA) is 99.4 Å². The molecule has 0 aliphatic rings. The van der Waals surface area contributed by atoms with Gasteiger partial charge in [0.05, 0.1) is 17.5 Å². The molecule has 0 spiro atoms. The van der Waals surface area contributed by atoms with Gasteiger partial charge in [-0.25, -0.2) is 4.98 Å². The van der Waals surface area contributed by atoms with Crippen LogP contribution in [0.3, 0.4) is 0 Å². The van der Waals surface area contributed by atoms with E-state index in [-0.39, 0.29) is 11.1 Å². The van der Waals surface area contributed by atoms with E-state index in [1.807, 2.05) is 30.3 Å². The third kappa shape index (κ3) is 1.91. The standard InChI is InChI=1S/C14H10N6O/c21-13-11-12(17-7-16-11)19-14(20-13)18-9-5-1-3-8-4-2-6-15-10(8)9/h1-7H,(H3,16,17,18,19,20,21). The minimum atomic E-state index is -0.294. The highest BCUT2D eigenvalue weighted by atomic mass is 16.1. The SMILES string of the molecule is O=c1[nH]c(Nc2cccc3cccnc23)nc2[nH]cnc12. The molecule has 4 rings (SSSR count). The van der Waals surface area contributed by atoms with Crippen LogP contribution in [0.25, 0.3) is 22.1 Å². The van der Waals surface area contributed by atoms with Crippen molar-refractivity contribution in [3.8, 4) is 0 Å². The maximum atomic E-state index is 11.9. The molecule has 0 fully saturated rings. The second kappa shape index (κ2) is 4.41. The number of aromatic nitrogens is 5. The summed E-state index contributed by atoms with van der Waals surface area (Å²) in [6.45, 7) is 0. The Bertz CT molecular complexity index is 998. The Labute approximate surface area is 118 Å². The molecule has 7 nitrogen and oxygen atoms in total. The van der Waals surface area contributed by atoms with E-state index in [0.29, 0.717) is 11.6 Å². The summed E-state index contributed by atoms with van der Waals surface area (Å²) in [5, 5.41) is 4.10. The van der Waals surface area contributed by atoms with Gasteiger partial charge in [0.15, 0.2) is 11.2 Å². The normalized spacial score (nSPS) is 11.0. The molecule has 0 amide bonds. The van der Waals surface area contributed by atoms with Gasteiger partial charge in [-0.2, -0.15) is 4.98 Å². The van der Waals surface area contributed by atoms with E-state index in [2.05, 4.69) is 30.2 Å². The summed E-state index contributed by atoms with van der Waals surface area (Å²) in [5.74, 6) is 0.343. The van der Waals surface area contributed by atoms with E-state index in [9.17, 15) is 4.79 Å². The number of hydrogen-bond donors (Lipinski definition) is 3. The summed E-state index contributed by atoms with van der Waals surface area (Å²) < 4.78 is 0. The van der Waals surface area contributed by atoms with Crippen molar-refractivity contribution in [1.29, 1.82) is 0 Å². The highest BCUT2D eigenvalue weighted by Crippen LogP contribution is 2.22. The molecule has 3 N–H and O–H groups in total. The molecule has 7 heteroatoms. The lowest BCUT2D eigenvalue weighted by Gasteiger charge is -2.07. The van der Waals surface area contributed by atoms with Gasteiger partial charge in [0, 0.05) is 11.6 Å². The minimum absolute atomic E-state index is 0.289. The first-order chi connectivity index (χ1) is 10.3. The predicted molar refractivity (Wildman–Crippen MR) is 79.5 cm³/mol. The Morgan fingerprint density at radius 2 is 1.95 bits per heavy atom. The average molecular weight is 278 g/mol. The minimum Gasteiger partial charge on any atom is -0.329 e. The highest BCUT2D eigenvalue weighted by Gasteiger charge is 2.07. The van der Waals surface area contributed by atoms with Crippen molar-refractivity contribution in [2.75, 3.05) is 5.32 Å². The van der Waals surface area contributed by atoms with E-state index in [4.69, 9.17) is 0 Å². The first-order valence-corrected chi connectivity index (χ1v) is 6.35. The molecule has 4 aromatic rings. The predicted octanol–water partition coefficient (Wildman–Crippen LogP) is 1.94. The Kier molecular flexibility index (Phi) is 2.43. The summed E-state index contributed by atoms with van der Waals surface area (Å²) in [7, 11) is 0. The quantitative estimate of drug-likeness (QED) is 0.520. The molecule has 0 unspecified atom stereocenters. The Hall–Kier alpha value is -3.22. The van der Waals surface area contributed by atoms with Crippen LogP contribution in [0.2, 0.25) is 0 Å². The van der Waals surface area contributed by atoms with Crippen LogP contribution in [0.5, 0.6) is 0 Å². The molecule has 0 aliphatic heterocycles. The van der Waals surface area contributed by atoms with Gasteiger partial charge in [-0.15, -0.1) is 0 Å². The Balaban J connectivity index is 1.84. The lowest BCUT2D eigenvalue weighted by atomic mass is 10.2. The van der Waals surface area contributed by atoms with E-state index in [0.717, 1.165) is 16.6 Å². The maximum absolute atomic E-state index is 11.9. The molecule has 102 valence electrons. The lowest BCUT2D eigenvalue weighted by Crippen LogP contribution is -2.11. The number of pyridine rings is 1. The molecule has 1 aromatic carbocycles. The van der Waals surface area contributed by atoms with Crippen LogP contribution in [-0.2, 0) is 0 Å². The van der Waals surface area contributed by atoms with Gasteiger partial charge in [0.1, 0.15) is 0 Å². The summed E-state index contributed by atoms with van der Waals surface area (Å²) >= 11 is 0. The molecule has 0 saturated carbocycles. The second-order valence-electron chi connectivity index (χ2n) is 4.52. The van der Waals surface area contributed by atoms with Gasteiger partial charge < -0.3 is 10.3 Å². The monoisotopic (exact) mass is 278 g/mol. The fourth-order valence-electron chi connectivity index (χ4n) is 2.24. The first kappa shape index (κ1) is 11.6. The summed E-state index contributed by atoms with van der Waals surface area (Å²) in [5.41, 5.74) is 2.02. The number of hydrogen-bond acceptors (Lipinski definition) is 5. The van der Waals surface area contributed by atoms with Crippen LogP contribution in [0.1, 0.15) is 0 Å². The molecule has 0 radical (unpaired) electrons. The van der Waals surface area contributed by atoms with E-state index < -0.39 is 0 Å². The fraction of sp³-hybridized carbons (Fsp3) is 0. The zero-order valence-corrected chi connectivity index (χ0v) is 10.8. The summed E-state index contributed by atoms with van der Waals surface area (Å²) in [6, 6.07) is 9.62. The van der Waals surface area contributed by atoms with E-state index >= 15 is 0 Å². The molecule has 0 atom stereocenters. The molecule has 3 aromatic heterocycles. The van der Waals surface area contributed by atoms with Crippen LogP contribution in [0, 0.1) is 0 Å². The van der Waals surface area contributed by atoms with E-state index in [1.54, 1.807) is 6.20 Å². The van der Waals surface area contributed by atoms with Gasteiger partial charge in [-0.3, -0.25) is 14.8 Å². The van der Waals surface area contributed by atoms with Crippen molar-refractivity contribution in [3.63, 3.8) is 0 Å². The molecule has 0 bridgehead atoms. The van der Waals surface area contributed by atoms with Crippen molar-refractivity contribution in [2.24, 2.45) is 0 Å². The lowest BCUT2D eigenvalue weighted by molar-refractivity contribution is 1.15. The summed E-state index contributed by atoms with van der Waals surface area (Å²) in [6.07, 6.45) is 3.16. The van der Waals surface area contributed by atoms with Crippen LogP contribution in [0.4, 0.5) is 11.6 Å². The Morgan fingerprint density at radius 1 is 1.05 bits per heavy atom. The second-order valence-corrected chi connectivity index (χ2v) is 4.52. The molecular weight excluding hydrogens is 268 g/mol. The van der Waals surface area contributed by atoms with Crippen LogP contribution >= 0.6 is 0 Å². The van der Waals surface area contributed by atoms with Gasteiger partial charge in [-0.05, 0) is 12.1 Å². The van der Waals surface area contributed by atoms with Crippen molar-refractivity contribution in [2.45, 2.75) is 0 Å². The maximum Gasteiger partial charge on any atom is 0.280 e. The number of H-pyrrole nitrogens is 2. The number of aromatic amines is 2. The van der Waals surface area contributed by atoms with Gasteiger partial charge in [0.25, 0.3) is 5.56 Å². The molecule has 21 heavy (non-hydrogen) atoms. The first-order valence-electron chi connectivity index (χ1n) is 6.35. The Morgan fingerprint density at radius 3 is 2.90 bits per heavy atom. The van der Waals surface area contributed by atoms with Gasteiger partial charge >= 0.3 is 0 Å². The summed E-state index contributed by atoms with van der Waals surface area (Å²) in [4.78, 5) is 29.9. The van der Waals surface area contributed by atoms with Crippen molar-refractivity contribution in [1.82, 2.24) is 24.9 Å². The fourth-order valence-corrected chi connectivity index (χ4v) is 2.24. The number of imidazole rings is 1. The molecule has 0 saturated heterocycles. The van der Waals surface area contributed by atoms with Crippen LogP contribution in [0.15, 0.2) is 47.7 Å². The number of rotatable bonds is 2. The number of anilines is 2. The van der Waals surface area contributed by atoms with Gasteiger partial charge in [-0.1, -0.05) is 18.2 Å². The third-order valence-electron chi connectivity index (χ3n) is 3.18. The molecular formula is C14H10N6O.